The van der Waals surface area contributed by atoms with Gasteiger partial charge in [0.1, 0.15) is 0 Å². The van der Waals surface area contributed by atoms with Gasteiger partial charge in [-0.2, -0.15) is 0 Å². The van der Waals surface area contributed by atoms with Crippen LogP contribution in [0.15, 0.2) is 18.2 Å². The molecule has 1 unspecified atom stereocenters. The molecule has 0 saturated heterocycles. The van der Waals surface area contributed by atoms with Gasteiger partial charge in [-0.05, 0) is 43.0 Å². The van der Waals surface area contributed by atoms with Crippen LogP contribution in [0, 0.1) is 0 Å². The van der Waals surface area contributed by atoms with E-state index in [0.29, 0.717) is 16.5 Å². The highest BCUT2D eigenvalue weighted by molar-refractivity contribution is 6.33. The number of methoxy groups -OCH3 is 1. The molecule has 4 heteroatoms. The molecule has 2 nitrogen and oxygen atoms in total. The molecule has 0 heterocycles. The molecule has 0 aromatic heterocycles. The third kappa shape index (κ3) is 2.60. The van der Waals surface area contributed by atoms with Crippen LogP contribution in [0.2, 0.25) is 10.0 Å². The van der Waals surface area contributed by atoms with Crippen molar-refractivity contribution in [2.24, 2.45) is 0 Å². The largest absolute Gasteiger partial charge is 0.390 e. The van der Waals surface area contributed by atoms with E-state index in [2.05, 4.69) is 0 Å². The molecule has 1 aliphatic rings. The molecule has 17 heavy (non-hydrogen) atoms. The van der Waals surface area contributed by atoms with E-state index in [1.807, 2.05) is 0 Å². The third-order valence-electron chi connectivity index (χ3n) is 3.63. The Morgan fingerprint density at radius 2 is 2.12 bits per heavy atom. The Balaban J connectivity index is 2.12. The summed E-state index contributed by atoms with van der Waals surface area (Å²) in [6.07, 6.45) is 2.87. The molecule has 1 aromatic rings. The summed E-state index contributed by atoms with van der Waals surface area (Å²) in [5.41, 5.74) is 0.487. The average Bonchev–Trinajstić information content (AvgIpc) is 2.23. The number of aliphatic hydroxyl groups is 1. The lowest BCUT2D eigenvalue weighted by Crippen LogP contribution is -2.50. The predicted octanol–water partition coefficient (Wildman–Crippen LogP) is 3.47. The van der Waals surface area contributed by atoms with Crippen molar-refractivity contribution >= 4 is 23.2 Å². The van der Waals surface area contributed by atoms with Gasteiger partial charge in [0.15, 0.2) is 0 Å². The van der Waals surface area contributed by atoms with E-state index in [9.17, 15) is 5.11 Å². The van der Waals surface area contributed by atoms with Crippen LogP contribution in [0.3, 0.4) is 0 Å². The minimum absolute atomic E-state index is 0.383. The Morgan fingerprint density at radius 1 is 1.41 bits per heavy atom. The fourth-order valence-corrected chi connectivity index (χ4v) is 2.68. The zero-order valence-corrected chi connectivity index (χ0v) is 11.3. The Bertz CT molecular complexity index is 397. The van der Waals surface area contributed by atoms with Gasteiger partial charge in [-0.3, -0.25) is 0 Å². The molecule has 0 aliphatic heterocycles. The van der Waals surface area contributed by atoms with Crippen LogP contribution in [0.25, 0.3) is 0 Å². The highest BCUT2D eigenvalue weighted by atomic mass is 35.5. The summed E-state index contributed by atoms with van der Waals surface area (Å²) >= 11 is 12.0. The van der Waals surface area contributed by atoms with Crippen LogP contribution >= 0.6 is 23.2 Å². The molecular formula is C13H16Cl2O2. The normalized spacial score (nSPS) is 19.8. The van der Waals surface area contributed by atoms with Gasteiger partial charge >= 0.3 is 0 Å². The fourth-order valence-electron chi connectivity index (χ4n) is 2.29. The van der Waals surface area contributed by atoms with Gasteiger partial charge in [-0.25, -0.2) is 0 Å². The first-order chi connectivity index (χ1) is 8.07. The van der Waals surface area contributed by atoms with Crippen molar-refractivity contribution in [2.75, 3.05) is 7.11 Å². The van der Waals surface area contributed by atoms with Crippen LogP contribution in [-0.4, -0.2) is 23.9 Å². The Kier molecular flexibility index (Phi) is 3.99. The van der Waals surface area contributed by atoms with Gasteiger partial charge in [0.25, 0.3) is 0 Å². The number of aliphatic hydroxyl groups excluding tert-OH is 1. The highest BCUT2D eigenvalue weighted by Gasteiger charge is 2.43. The number of hydrogen-bond acceptors (Lipinski definition) is 2. The second-order valence-corrected chi connectivity index (χ2v) is 5.42. The number of benzene rings is 1. The molecule has 94 valence electrons. The van der Waals surface area contributed by atoms with E-state index in [1.165, 1.54) is 0 Å². The molecule has 1 atom stereocenters. The van der Waals surface area contributed by atoms with Gasteiger partial charge in [-0.1, -0.05) is 23.2 Å². The van der Waals surface area contributed by atoms with E-state index in [0.717, 1.165) is 24.8 Å². The summed E-state index contributed by atoms with van der Waals surface area (Å²) in [6.45, 7) is 0. The maximum Gasteiger partial charge on any atom is 0.0939 e. The van der Waals surface area contributed by atoms with Crippen LogP contribution in [-0.2, 0) is 11.2 Å². The maximum atomic E-state index is 10.3. The molecule has 0 amide bonds. The zero-order valence-electron chi connectivity index (χ0n) is 9.75. The Hall–Kier alpha value is -0.280. The molecule has 1 aromatic carbocycles. The van der Waals surface area contributed by atoms with Gasteiger partial charge in [-0.15, -0.1) is 0 Å². The molecule has 1 saturated carbocycles. The molecule has 1 aliphatic carbocycles. The third-order valence-corrected chi connectivity index (χ3v) is 4.24. The molecule has 2 rings (SSSR count). The number of rotatable bonds is 4. The van der Waals surface area contributed by atoms with Crippen molar-refractivity contribution in [1.29, 1.82) is 0 Å². The van der Waals surface area contributed by atoms with Crippen molar-refractivity contribution in [2.45, 2.75) is 37.4 Å². The zero-order chi connectivity index (χ0) is 12.5. The Labute approximate surface area is 111 Å². The van der Waals surface area contributed by atoms with Crippen LogP contribution < -0.4 is 0 Å². The van der Waals surface area contributed by atoms with Crippen LogP contribution in [0.5, 0.6) is 0 Å². The van der Waals surface area contributed by atoms with Crippen molar-refractivity contribution < 1.29 is 9.84 Å². The summed E-state index contributed by atoms with van der Waals surface area (Å²) < 4.78 is 5.45. The second kappa shape index (κ2) is 5.15. The first-order valence-electron chi connectivity index (χ1n) is 5.74. The van der Waals surface area contributed by atoms with E-state index < -0.39 is 6.10 Å². The highest BCUT2D eigenvalue weighted by Crippen LogP contribution is 2.39. The summed E-state index contributed by atoms with van der Waals surface area (Å²) in [6, 6.07) is 5.30. The van der Waals surface area contributed by atoms with E-state index >= 15 is 0 Å². The molecule has 0 bridgehead atoms. The summed E-state index contributed by atoms with van der Waals surface area (Å²) in [7, 11) is 1.65. The summed E-state index contributed by atoms with van der Waals surface area (Å²) in [5, 5.41) is 11.5. The quantitative estimate of drug-likeness (QED) is 0.911. The number of ether oxygens (including phenoxy) is 1. The topological polar surface area (TPSA) is 29.5 Å². The minimum Gasteiger partial charge on any atom is -0.390 e. The molecule has 0 spiro atoms. The molecule has 1 fully saturated rings. The minimum atomic E-state index is -0.530. The van der Waals surface area contributed by atoms with Crippen molar-refractivity contribution in [3.63, 3.8) is 0 Å². The lowest BCUT2D eigenvalue weighted by atomic mass is 9.74. The van der Waals surface area contributed by atoms with E-state index in [-0.39, 0.29) is 5.60 Å². The average molecular weight is 275 g/mol. The van der Waals surface area contributed by atoms with Gasteiger partial charge < -0.3 is 9.84 Å². The standard InChI is InChI=1S/C13H16Cl2O2/c1-17-13(5-2-6-13)12(16)8-9-7-10(14)3-4-11(9)15/h3-4,7,12,16H,2,5-6,8H2,1H3. The first-order valence-corrected chi connectivity index (χ1v) is 6.50. The number of hydrogen-bond donors (Lipinski definition) is 1. The maximum absolute atomic E-state index is 10.3. The smallest absolute Gasteiger partial charge is 0.0939 e. The van der Waals surface area contributed by atoms with Crippen LogP contribution in [0.4, 0.5) is 0 Å². The monoisotopic (exact) mass is 274 g/mol. The van der Waals surface area contributed by atoms with Crippen molar-refractivity contribution in [3.8, 4) is 0 Å². The van der Waals surface area contributed by atoms with Gasteiger partial charge in [0.05, 0.1) is 11.7 Å². The Morgan fingerprint density at radius 3 is 2.65 bits per heavy atom. The fraction of sp³-hybridized carbons (Fsp3) is 0.538. The predicted molar refractivity (Wildman–Crippen MR) is 69.8 cm³/mol. The lowest BCUT2D eigenvalue weighted by molar-refractivity contribution is -0.148. The first kappa shape index (κ1) is 13.2. The van der Waals surface area contributed by atoms with E-state index in [1.54, 1.807) is 25.3 Å². The molecule has 1 N–H and O–H groups in total. The lowest BCUT2D eigenvalue weighted by Gasteiger charge is -2.44. The summed E-state index contributed by atoms with van der Waals surface area (Å²) in [4.78, 5) is 0. The number of halogens is 2. The summed E-state index contributed by atoms with van der Waals surface area (Å²) in [5.74, 6) is 0. The van der Waals surface area contributed by atoms with Gasteiger partial charge in [0, 0.05) is 23.6 Å². The van der Waals surface area contributed by atoms with Crippen LogP contribution in [0.1, 0.15) is 24.8 Å². The molecular weight excluding hydrogens is 259 g/mol. The molecule has 0 radical (unpaired) electrons. The van der Waals surface area contributed by atoms with Crippen molar-refractivity contribution in [3.05, 3.63) is 33.8 Å². The van der Waals surface area contributed by atoms with Crippen molar-refractivity contribution in [1.82, 2.24) is 0 Å². The SMILES string of the molecule is COC1(C(O)Cc2cc(Cl)ccc2Cl)CCC1. The van der Waals surface area contributed by atoms with E-state index in [4.69, 9.17) is 27.9 Å². The second-order valence-electron chi connectivity index (χ2n) is 4.58. The van der Waals surface area contributed by atoms with Gasteiger partial charge in [0.2, 0.25) is 0 Å².